The number of nitrogens with zero attached hydrogens (tertiary/aromatic N) is 4. The predicted octanol–water partition coefficient (Wildman–Crippen LogP) is 13.8. The Labute approximate surface area is 337 Å². The highest BCUT2D eigenvalue weighted by atomic mass is 14.8. The lowest BCUT2D eigenvalue weighted by Gasteiger charge is -2.16. The summed E-state index contributed by atoms with van der Waals surface area (Å²) in [5, 5.41) is 0. The first-order valence-electron chi connectivity index (χ1n) is 19.4. The number of pyridine rings is 2. The van der Waals surface area contributed by atoms with Crippen molar-refractivity contribution in [3.05, 3.63) is 219 Å². The van der Waals surface area contributed by atoms with Crippen molar-refractivity contribution >= 4 is 11.0 Å². The van der Waals surface area contributed by atoms with Gasteiger partial charge in [-0.05, 0) is 80.9 Å². The summed E-state index contributed by atoms with van der Waals surface area (Å²) in [4.78, 5) is 20.1. The Balaban J connectivity index is 1.14. The number of rotatable bonds is 8. The van der Waals surface area contributed by atoms with Crippen molar-refractivity contribution in [1.82, 2.24) is 19.9 Å². The van der Waals surface area contributed by atoms with Gasteiger partial charge in [0.05, 0.1) is 33.8 Å². The molecular weight excluding hydrogens is 705 g/mol. The first kappa shape index (κ1) is 34.7. The fraction of sp³-hybridized carbons (Fsp3) is 0. The van der Waals surface area contributed by atoms with E-state index < -0.39 is 0 Å². The minimum Gasteiger partial charge on any atom is -0.256 e. The number of hydrogen-bond donors (Lipinski definition) is 0. The van der Waals surface area contributed by atoms with Gasteiger partial charge in [0.2, 0.25) is 0 Å². The van der Waals surface area contributed by atoms with Gasteiger partial charge in [-0.2, -0.15) is 0 Å². The summed E-state index contributed by atoms with van der Waals surface area (Å²) in [5.41, 5.74) is 18.3. The third-order valence-corrected chi connectivity index (χ3v) is 10.6. The summed E-state index contributed by atoms with van der Waals surface area (Å²) in [5.74, 6) is 0. The Bertz CT molecular complexity index is 2550. The van der Waals surface area contributed by atoms with Crippen LogP contribution in [-0.4, -0.2) is 19.9 Å². The Morgan fingerprint density at radius 2 is 0.552 bits per heavy atom. The minimum atomic E-state index is 0.816. The summed E-state index contributed by atoms with van der Waals surface area (Å²) < 4.78 is 0. The first-order chi connectivity index (χ1) is 28.7. The van der Waals surface area contributed by atoms with Gasteiger partial charge in [0, 0.05) is 34.6 Å². The molecule has 0 spiro atoms. The molecular formula is C54H36N4. The molecule has 0 unspecified atom stereocenters. The van der Waals surface area contributed by atoms with Crippen LogP contribution in [0.3, 0.4) is 0 Å². The lowest BCUT2D eigenvalue weighted by Crippen LogP contribution is -1.98. The van der Waals surface area contributed by atoms with Crippen molar-refractivity contribution in [2.45, 2.75) is 0 Å². The van der Waals surface area contributed by atoms with Crippen molar-refractivity contribution in [2.75, 3.05) is 0 Å². The maximum absolute atomic E-state index is 5.45. The molecule has 3 heterocycles. The van der Waals surface area contributed by atoms with Crippen molar-refractivity contribution in [2.24, 2.45) is 0 Å². The van der Waals surface area contributed by atoms with Crippen LogP contribution in [-0.2, 0) is 0 Å². The van der Waals surface area contributed by atoms with Crippen LogP contribution >= 0.6 is 0 Å². The third kappa shape index (κ3) is 6.95. The molecule has 0 bridgehead atoms. The molecule has 3 aromatic heterocycles. The maximum Gasteiger partial charge on any atom is 0.0973 e. The monoisotopic (exact) mass is 740 g/mol. The van der Waals surface area contributed by atoms with E-state index in [0.29, 0.717) is 0 Å². The van der Waals surface area contributed by atoms with Crippen molar-refractivity contribution < 1.29 is 0 Å². The Morgan fingerprint density at radius 1 is 0.241 bits per heavy atom. The van der Waals surface area contributed by atoms with Gasteiger partial charge in [-0.3, -0.25) is 9.97 Å². The van der Waals surface area contributed by atoms with Crippen molar-refractivity contribution in [1.29, 1.82) is 0 Å². The van der Waals surface area contributed by atoms with Gasteiger partial charge in [0.1, 0.15) is 0 Å². The minimum absolute atomic E-state index is 0.816. The number of aromatic nitrogens is 4. The quantitative estimate of drug-likeness (QED) is 0.156. The lowest BCUT2D eigenvalue weighted by molar-refractivity contribution is 1.29. The molecule has 10 rings (SSSR count). The standard InChI is InChI=1S/C54H36N4/c1-3-11-37(12-4-1)39-17-21-41(22-18-39)47-35-51-52(36-48(47)42-23-19-40(20-24-42)38-13-5-2-6-14-38)58-54(46-31-27-44(28-32-46)50-16-8-10-34-56-50)53(57-51)45-29-25-43(26-30-45)49-15-7-9-33-55-49/h1-36H. The average molecular weight is 741 g/mol. The largest absolute Gasteiger partial charge is 0.256 e. The van der Waals surface area contributed by atoms with E-state index in [9.17, 15) is 0 Å². The van der Waals surface area contributed by atoms with E-state index in [0.717, 1.165) is 78.3 Å². The highest BCUT2D eigenvalue weighted by molar-refractivity contribution is 5.96. The summed E-state index contributed by atoms with van der Waals surface area (Å²) in [6, 6.07) is 72.0. The molecule has 58 heavy (non-hydrogen) atoms. The van der Waals surface area contributed by atoms with Crippen LogP contribution in [0.25, 0.3) is 101 Å². The van der Waals surface area contributed by atoms with Crippen LogP contribution < -0.4 is 0 Å². The zero-order chi connectivity index (χ0) is 38.7. The molecule has 0 aliphatic carbocycles. The van der Waals surface area contributed by atoms with Crippen LogP contribution in [0.15, 0.2) is 219 Å². The normalized spacial score (nSPS) is 11.1. The fourth-order valence-corrected chi connectivity index (χ4v) is 7.59. The van der Waals surface area contributed by atoms with Crippen LogP contribution in [0.1, 0.15) is 0 Å². The smallest absolute Gasteiger partial charge is 0.0973 e. The molecule has 10 aromatic rings. The first-order valence-corrected chi connectivity index (χ1v) is 19.4. The van der Waals surface area contributed by atoms with E-state index in [1.165, 1.54) is 22.3 Å². The van der Waals surface area contributed by atoms with Gasteiger partial charge in [-0.1, -0.05) is 170 Å². The molecule has 0 saturated heterocycles. The second-order valence-corrected chi connectivity index (χ2v) is 14.3. The molecule has 0 radical (unpaired) electrons. The SMILES string of the molecule is c1ccc(-c2ccc(-c3cc4nc(-c5ccc(-c6ccccn6)cc5)c(-c5ccc(-c6ccccn6)cc5)nc4cc3-c3ccc(-c4ccccc4)cc3)cc2)cc1. The Hall–Kier alpha value is -7.82. The predicted molar refractivity (Wildman–Crippen MR) is 239 cm³/mol. The molecule has 4 nitrogen and oxygen atoms in total. The molecule has 0 N–H and O–H groups in total. The molecule has 0 amide bonds. The highest BCUT2D eigenvalue weighted by Crippen LogP contribution is 2.40. The van der Waals surface area contributed by atoms with Crippen LogP contribution in [0, 0.1) is 0 Å². The van der Waals surface area contributed by atoms with Gasteiger partial charge in [0.15, 0.2) is 0 Å². The van der Waals surface area contributed by atoms with Crippen molar-refractivity contribution in [3.8, 4) is 89.5 Å². The molecule has 4 heteroatoms. The maximum atomic E-state index is 5.45. The summed E-state index contributed by atoms with van der Waals surface area (Å²) in [7, 11) is 0. The van der Waals surface area contributed by atoms with Crippen LogP contribution in [0.5, 0.6) is 0 Å². The fourth-order valence-electron chi connectivity index (χ4n) is 7.59. The third-order valence-electron chi connectivity index (χ3n) is 10.6. The number of hydrogen-bond acceptors (Lipinski definition) is 4. The van der Waals surface area contributed by atoms with Gasteiger partial charge < -0.3 is 0 Å². The topological polar surface area (TPSA) is 51.6 Å². The van der Waals surface area contributed by atoms with E-state index in [2.05, 4.69) is 180 Å². The van der Waals surface area contributed by atoms with Gasteiger partial charge in [-0.15, -0.1) is 0 Å². The second-order valence-electron chi connectivity index (χ2n) is 14.3. The van der Waals surface area contributed by atoms with Gasteiger partial charge in [-0.25, -0.2) is 9.97 Å². The summed E-state index contributed by atoms with van der Waals surface area (Å²) in [6.45, 7) is 0. The lowest BCUT2D eigenvalue weighted by atomic mass is 9.91. The number of fused-ring (bicyclic) bond motifs is 1. The van der Waals surface area contributed by atoms with Gasteiger partial charge >= 0.3 is 0 Å². The molecule has 0 atom stereocenters. The zero-order valence-corrected chi connectivity index (χ0v) is 31.6. The molecule has 0 aliphatic heterocycles. The molecule has 0 fully saturated rings. The summed E-state index contributed by atoms with van der Waals surface area (Å²) in [6.07, 6.45) is 3.65. The molecule has 7 aromatic carbocycles. The number of benzene rings is 7. The van der Waals surface area contributed by atoms with Crippen LogP contribution in [0.2, 0.25) is 0 Å². The Morgan fingerprint density at radius 3 is 0.914 bits per heavy atom. The van der Waals surface area contributed by atoms with Crippen LogP contribution in [0.4, 0.5) is 0 Å². The second kappa shape index (κ2) is 15.4. The van der Waals surface area contributed by atoms with E-state index in [1.807, 2.05) is 48.8 Å². The highest BCUT2D eigenvalue weighted by Gasteiger charge is 2.18. The average Bonchev–Trinajstić information content (AvgIpc) is 3.32. The molecule has 0 aliphatic rings. The van der Waals surface area contributed by atoms with E-state index >= 15 is 0 Å². The van der Waals surface area contributed by atoms with E-state index in [1.54, 1.807) is 0 Å². The van der Waals surface area contributed by atoms with Gasteiger partial charge in [0.25, 0.3) is 0 Å². The van der Waals surface area contributed by atoms with E-state index in [4.69, 9.17) is 9.97 Å². The summed E-state index contributed by atoms with van der Waals surface area (Å²) >= 11 is 0. The zero-order valence-electron chi connectivity index (χ0n) is 31.6. The van der Waals surface area contributed by atoms with E-state index in [-0.39, 0.29) is 0 Å². The molecule has 0 saturated carbocycles. The Kier molecular flexibility index (Phi) is 9.18. The van der Waals surface area contributed by atoms with Crippen molar-refractivity contribution in [3.63, 3.8) is 0 Å². The molecule has 272 valence electrons.